The Morgan fingerprint density at radius 2 is 2.06 bits per heavy atom. The summed E-state index contributed by atoms with van der Waals surface area (Å²) < 4.78 is 0. The van der Waals surface area contributed by atoms with Crippen molar-refractivity contribution in [3.8, 4) is 0 Å². The Bertz CT molecular complexity index is 426. The van der Waals surface area contributed by atoms with Gasteiger partial charge in [-0.3, -0.25) is 4.79 Å². The summed E-state index contributed by atoms with van der Waals surface area (Å²) in [6.07, 6.45) is 2.52. The normalized spacial score (nSPS) is 23.7. The summed E-state index contributed by atoms with van der Waals surface area (Å²) in [4.78, 5) is 14.2. The molecule has 0 saturated heterocycles. The van der Waals surface area contributed by atoms with Crippen molar-refractivity contribution >= 4 is 5.91 Å². The van der Waals surface area contributed by atoms with Crippen molar-refractivity contribution in [3.63, 3.8) is 0 Å². The highest BCUT2D eigenvalue weighted by Crippen LogP contribution is 2.37. The van der Waals surface area contributed by atoms with Crippen LogP contribution in [0, 0.1) is 5.92 Å². The monoisotopic (exact) mass is 216 g/mol. The van der Waals surface area contributed by atoms with E-state index in [1.807, 2.05) is 29.2 Å². The molecule has 1 aliphatic carbocycles. The summed E-state index contributed by atoms with van der Waals surface area (Å²) in [5.74, 6) is 0.880. The maximum absolute atomic E-state index is 12.2. The van der Waals surface area contributed by atoms with Crippen LogP contribution in [-0.4, -0.2) is 23.9 Å². The number of hydrogen-bond donors (Lipinski definition) is 1. The Morgan fingerprint density at radius 1 is 1.31 bits per heavy atom. The van der Waals surface area contributed by atoms with Gasteiger partial charge in [0.05, 0.1) is 6.04 Å². The van der Waals surface area contributed by atoms with E-state index in [0.717, 1.165) is 17.7 Å². The van der Waals surface area contributed by atoms with Crippen LogP contribution in [0.15, 0.2) is 24.3 Å². The molecule has 0 aromatic heterocycles. The van der Waals surface area contributed by atoms with Crippen LogP contribution in [0.5, 0.6) is 0 Å². The summed E-state index contributed by atoms with van der Waals surface area (Å²) in [5.41, 5.74) is 7.76. The smallest absolute Gasteiger partial charge is 0.254 e. The molecular formula is C13H16N2O. The van der Waals surface area contributed by atoms with E-state index in [1.165, 1.54) is 12.8 Å². The Kier molecular flexibility index (Phi) is 2.21. The second kappa shape index (κ2) is 3.59. The third-order valence-corrected chi connectivity index (χ3v) is 3.56. The molecule has 0 spiro atoms. The first-order valence-electron chi connectivity index (χ1n) is 5.91. The highest BCUT2D eigenvalue weighted by atomic mass is 16.2. The molecule has 3 heteroatoms. The molecule has 1 amide bonds. The second-order valence-electron chi connectivity index (χ2n) is 4.74. The molecule has 1 aliphatic heterocycles. The third-order valence-electron chi connectivity index (χ3n) is 3.56. The molecule has 16 heavy (non-hydrogen) atoms. The first-order chi connectivity index (χ1) is 7.81. The van der Waals surface area contributed by atoms with Crippen LogP contribution in [0.25, 0.3) is 0 Å². The van der Waals surface area contributed by atoms with Gasteiger partial charge in [-0.25, -0.2) is 0 Å². The molecular weight excluding hydrogens is 200 g/mol. The number of carbonyl (C=O) groups excluding carboxylic acids is 1. The minimum Gasteiger partial charge on any atom is -0.330 e. The molecule has 3 rings (SSSR count). The van der Waals surface area contributed by atoms with E-state index in [0.29, 0.717) is 12.5 Å². The summed E-state index contributed by atoms with van der Waals surface area (Å²) in [5, 5.41) is 0. The van der Waals surface area contributed by atoms with Crippen molar-refractivity contribution in [3.05, 3.63) is 35.4 Å². The van der Waals surface area contributed by atoms with Gasteiger partial charge in [0.1, 0.15) is 0 Å². The van der Waals surface area contributed by atoms with Crippen molar-refractivity contribution in [1.29, 1.82) is 0 Å². The molecule has 84 valence electrons. The van der Waals surface area contributed by atoms with Crippen LogP contribution in [0.3, 0.4) is 0 Å². The molecule has 1 aromatic carbocycles. The Balaban J connectivity index is 1.94. The van der Waals surface area contributed by atoms with E-state index < -0.39 is 0 Å². The average Bonchev–Trinajstić information content (AvgIpc) is 3.08. The lowest BCUT2D eigenvalue weighted by Gasteiger charge is -2.23. The zero-order valence-corrected chi connectivity index (χ0v) is 9.23. The number of amides is 1. The molecule has 1 atom stereocenters. The van der Waals surface area contributed by atoms with Crippen molar-refractivity contribution in [1.82, 2.24) is 4.90 Å². The van der Waals surface area contributed by atoms with E-state index in [-0.39, 0.29) is 11.9 Å². The molecule has 2 aliphatic rings. The van der Waals surface area contributed by atoms with Gasteiger partial charge in [0.2, 0.25) is 0 Å². The Hall–Kier alpha value is -1.35. The van der Waals surface area contributed by atoms with Crippen LogP contribution in [-0.2, 0) is 0 Å². The molecule has 1 fully saturated rings. The number of fused-ring (bicyclic) bond motifs is 1. The van der Waals surface area contributed by atoms with Gasteiger partial charge < -0.3 is 10.6 Å². The first kappa shape index (κ1) is 9.85. The first-order valence-corrected chi connectivity index (χ1v) is 5.91. The molecule has 0 radical (unpaired) electrons. The Labute approximate surface area is 95.2 Å². The fourth-order valence-electron chi connectivity index (χ4n) is 2.49. The molecule has 1 heterocycles. The predicted molar refractivity (Wildman–Crippen MR) is 62.0 cm³/mol. The van der Waals surface area contributed by atoms with E-state index in [2.05, 4.69) is 0 Å². The molecule has 2 N–H and O–H groups in total. The van der Waals surface area contributed by atoms with Crippen LogP contribution in [0.1, 0.15) is 34.8 Å². The maximum Gasteiger partial charge on any atom is 0.254 e. The van der Waals surface area contributed by atoms with Crippen molar-refractivity contribution in [2.75, 3.05) is 13.1 Å². The van der Waals surface area contributed by atoms with Gasteiger partial charge in [0.15, 0.2) is 0 Å². The van der Waals surface area contributed by atoms with Crippen LogP contribution >= 0.6 is 0 Å². The van der Waals surface area contributed by atoms with Gasteiger partial charge in [-0.1, -0.05) is 18.2 Å². The van der Waals surface area contributed by atoms with E-state index in [9.17, 15) is 4.79 Å². The highest BCUT2D eigenvalue weighted by molar-refractivity contribution is 5.99. The molecule has 1 saturated carbocycles. The second-order valence-corrected chi connectivity index (χ2v) is 4.74. The van der Waals surface area contributed by atoms with Crippen LogP contribution in [0.4, 0.5) is 0 Å². The van der Waals surface area contributed by atoms with Gasteiger partial charge in [-0.05, 0) is 30.4 Å². The van der Waals surface area contributed by atoms with E-state index in [1.54, 1.807) is 0 Å². The number of hydrogen-bond acceptors (Lipinski definition) is 2. The van der Waals surface area contributed by atoms with Crippen LogP contribution < -0.4 is 5.73 Å². The molecule has 1 aromatic rings. The minimum atomic E-state index is 0.101. The lowest BCUT2D eigenvalue weighted by Crippen LogP contribution is -2.33. The standard InChI is InChI=1S/C13H16N2O/c14-7-12-10-3-1-2-4-11(10)13(16)15(12)8-9-5-6-9/h1-4,9,12H,5-8,14H2/t12-/m0/s1. The minimum absolute atomic E-state index is 0.101. The Morgan fingerprint density at radius 3 is 2.75 bits per heavy atom. The van der Waals surface area contributed by atoms with Crippen LogP contribution in [0.2, 0.25) is 0 Å². The third kappa shape index (κ3) is 1.43. The lowest BCUT2D eigenvalue weighted by molar-refractivity contribution is 0.0721. The summed E-state index contributed by atoms with van der Waals surface area (Å²) in [6.45, 7) is 1.41. The van der Waals surface area contributed by atoms with Crippen molar-refractivity contribution < 1.29 is 4.79 Å². The quantitative estimate of drug-likeness (QED) is 0.833. The topological polar surface area (TPSA) is 46.3 Å². The predicted octanol–water partition coefficient (Wildman–Crippen LogP) is 1.55. The van der Waals surface area contributed by atoms with Gasteiger partial charge in [-0.15, -0.1) is 0 Å². The number of benzene rings is 1. The maximum atomic E-state index is 12.2. The fraction of sp³-hybridized carbons (Fsp3) is 0.462. The number of nitrogens with two attached hydrogens (primary N) is 1. The molecule has 0 bridgehead atoms. The lowest BCUT2D eigenvalue weighted by atomic mass is 10.1. The zero-order chi connectivity index (χ0) is 11.1. The number of carbonyl (C=O) groups is 1. The summed E-state index contributed by atoms with van der Waals surface area (Å²) in [7, 11) is 0. The number of nitrogens with zero attached hydrogens (tertiary/aromatic N) is 1. The fourth-order valence-corrected chi connectivity index (χ4v) is 2.49. The average molecular weight is 216 g/mol. The van der Waals surface area contributed by atoms with Crippen molar-refractivity contribution in [2.24, 2.45) is 11.7 Å². The van der Waals surface area contributed by atoms with Gasteiger partial charge in [0.25, 0.3) is 5.91 Å². The SMILES string of the molecule is NC[C@H]1c2ccccc2C(=O)N1CC1CC1. The van der Waals surface area contributed by atoms with Crippen molar-refractivity contribution in [2.45, 2.75) is 18.9 Å². The summed E-state index contributed by atoms with van der Waals surface area (Å²) in [6, 6.07) is 7.94. The zero-order valence-electron chi connectivity index (χ0n) is 9.23. The van der Waals surface area contributed by atoms with Gasteiger partial charge in [-0.2, -0.15) is 0 Å². The van der Waals surface area contributed by atoms with Gasteiger partial charge in [0, 0.05) is 18.7 Å². The number of rotatable bonds is 3. The highest BCUT2D eigenvalue weighted by Gasteiger charge is 2.38. The van der Waals surface area contributed by atoms with E-state index >= 15 is 0 Å². The molecule has 3 nitrogen and oxygen atoms in total. The van der Waals surface area contributed by atoms with E-state index in [4.69, 9.17) is 5.73 Å². The summed E-state index contributed by atoms with van der Waals surface area (Å²) >= 11 is 0. The van der Waals surface area contributed by atoms with Gasteiger partial charge >= 0.3 is 0 Å². The molecule has 0 unspecified atom stereocenters. The largest absolute Gasteiger partial charge is 0.330 e.